The molecule has 3 aromatic rings. The Hall–Kier alpha value is -2.72. The van der Waals surface area contributed by atoms with Crippen LogP contribution >= 0.6 is 11.3 Å². The van der Waals surface area contributed by atoms with Gasteiger partial charge in [-0.25, -0.2) is 0 Å². The molecule has 0 bridgehead atoms. The molecule has 9 heteroatoms. The lowest BCUT2D eigenvalue weighted by molar-refractivity contribution is -0.123. The Labute approximate surface area is 215 Å². The maximum atomic E-state index is 12.0. The van der Waals surface area contributed by atoms with Crippen molar-refractivity contribution in [1.29, 1.82) is 0 Å². The summed E-state index contributed by atoms with van der Waals surface area (Å²) in [5, 5.41) is 16.6. The van der Waals surface area contributed by atoms with E-state index in [1.165, 1.54) is 5.56 Å². The van der Waals surface area contributed by atoms with Crippen LogP contribution in [0.4, 0.5) is 0 Å². The second kappa shape index (κ2) is 13.0. The molecule has 1 amide bonds. The van der Waals surface area contributed by atoms with Crippen molar-refractivity contribution in [2.45, 2.75) is 44.8 Å². The Bertz CT molecular complexity index is 1180. The number of amides is 1. The Morgan fingerprint density at radius 2 is 2.03 bits per heavy atom. The summed E-state index contributed by atoms with van der Waals surface area (Å²) < 4.78 is 7.12. The number of phenols is 1. The van der Waals surface area contributed by atoms with Crippen LogP contribution in [0.2, 0.25) is 0 Å². The van der Waals surface area contributed by atoms with Gasteiger partial charge in [0.15, 0.2) is 0 Å². The van der Waals surface area contributed by atoms with Crippen molar-refractivity contribution in [2.24, 2.45) is 0 Å². The summed E-state index contributed by atoms with van der Waals surface area (Å²) in [6, 6.07) is 13.9. The fourth-order valence-corrected chi connectivity index (χ4v) is 5.55. The Morgan fingerprint density at radius 1 is 1.19 bits per heavy atom. The molecule has 2 atom stereocenters. The first-order valence-corrected chi connectivity index (χ1v) is 13.6. The van der Waals surface area contributed by atoms with E-state index in [1.54, 1.807) is 6.07 Å². The van der Waals surface area contributed by atoms with Gasteiger partial charge in [0.25, 0.3) is 0 Å². The normalized spacial score (nSPS) is 18.5. The number of rotatable bonds is 12. The highest BCUT2D eigenvalue weighted by Crippen LogP contribution is 2.27. The minimum atomic E-state index is -0.153. The van der Waals surface area contributed by atoms with Crippen molar-refractivity contribution in [1.82, 2.24) is 20.5 Å². The minimum Gasteiger partial charge on any atom is -0.506 e. The zero-order chi connectivity index (χ0) is 25.3. The molecule has 194 valence electrons. The van der Waals surface area contributed by atoms with Crippen LogP contribution in [0.1, 0.15) is 30.9 Å². The van der Waals surface area contributed by atoms with Crippen molar-refractivity contribution < 1.29 is 14.6 Å². The van der Waals surface area contributed by atoms with Gasteiger partial charge < -0.3 is 25.5 Å². The molecule has 4 rings (SSSR count). The van der Waals surface area contributed by atoms with Gasteiger partial charge in [-0.1, -0.05) is 54.7 Å². The predicted octanol–water partition coefficient (Wildman–Crippen LogP) is 2.66. The summed E-state index contributed by atoms with van der Waals surface area (Å²) in [5.74, 6) is 0.182. The lowest BCUT2D eigenvalue weighted by Gasteiger charge is -2.38. The summed E-state index contributed by atoms with van der Waals surface area (Å²) in [6.07, 6.45) is 2.96. The molecule has 0 spiro atoms. The third-order valence-electron chi connectivity index (χ3n) is 6.69. The fraction of sp³-hybridized carbons (Fsp3) is 0.481. The molecule has 1 fully saturated rings. The third kappa shape index (κ3) is 7.16. The fourth-order valence-electron chi connectivity index (χ4n) is 4.65. The molecular weight excluding hydrogens is 476 g/mol. The summed E-state index contributed by atoms with van der Waals surface area (Å²) in [5.41, 5.74) is 2.83. The number of nitrogens with one attached hydrogen (secondary N) is 3. The molecule has 2 heterocycles. The quantitative estimate of drug-likeness (QED) is 0.278. The van der Waals surface area contributed by atoms with Gasteiger partial charge in [0, 0.05) is 32.6 Å². The van der Waals surface area contributed by atoms with Crippen LogP contribution in [0.3, 0.4) is 0 Å². The van der Waals surface area contributed by atoms with Crippen LogP contribution in [-0.2, 0) is 22.4 Å². The number of H-pyrrole nitrogens is 1. The average molecular weight is 513 g/mol. The number of hydrogen-bond donors (Lipinski definition) is 4. The van der Waals surface area contributed by atoms with Crippen LogP contribution in [0.15, 0.2) is 47.3 Å². The average Bonchev–Trinajstić information content (AvgIpc) is 3.29. The number of carbonyl (C=O) groups excluding carboxylic acids is 1. The number of hydrogen-bond acceptors (Lipinski definition) is 7. The zero-order valence-electron chi connectivity index (χ0n) is 20.8. The number of aromatic nitrogens is 1. The number of piperidine rings is 1. The minimum absolute atomic E-state index is 0.0281. The number of nitrogens with zero attached hydrogens (tertiary/aromatic N) is 1. The van der Waals surface area contributed by atoms with Gasteiger partial charge in [-0.3, -0.25) is 14.5 Å². The van der Waals surface area contributed by atoms with E-state index in [2.05, 4.69) is 32.7 Å². The molecule has 1 aliphatic rings. The van der Waals surface area contributed by atoms with Crippen molar-refractivity contribution in [3.63, 3.8) is 0 Å². The van der Waals surface area contributed by atoms with Crippen LogP contribution in [-0.4, -0.2) is 72.4 Å². The first-order valence-electron chi connectivity index (χ1n) is 12.7. The maximum absolute atomic E-state index is 12.0. The van der Waals surface area contributed by atoms with Gasteiger partial charge in [0.1, 0.15) is 11.3 Å². The number of phenolic OH excluding ortho intramolecular Hbond substituents is 1. The molecule has 8 nitrogen and oxygen atoms in total. The monoisotopic (exact) mass is 512 g/mol. The van der Waals surface area contributed by atoms with Crippen molar-refractivity contribution in [2.75, 3.05) is 39.3 Å². The van der Waals surface area contributed by atoms with Crippen LogP contribution in [0.5, 0.6) is 5.75 Å². The van der Waals surface area contributed by atoms with Gasteiger partial charge in [-0.15, -0.1) is 0 Å². The van der Waals surface area contributed by atoms with E-state index in [0.29, 0.717) is 18.5 Å². The Morgan fingerprint density at radius 3 is 2.83 bits per heavy atom. The number of benzene rings is 2. The molecule has 2 aromatic carbocycles. The Kier molecular flexibility index (Phi) is 9.52. The predicted molar refractivity (Wildman–Crippen MR) is 144 cm³/mol. The second-order valence-corrected chi connectivity index (χ2v) is 10.2. The number of carbonyl (C=O) groups is 1. The number of thiazole rings is 1. The lowest BCUT2D eigenvalue weighted by atomic mass is 10.0. The number of ether oxygens (including phenoxy) is 1. The van der Waals surface area contributed by atoms with E-state index >= 15 is 0 Å². The maximum Gasteiger partial charge on any atom is 0.305 e. The topological polar surface area (TPSA) is 107 Å². The van der Waals surface area contributed by atoms with Crippen molar-refractivity contribution >= 4 is 27.5 Å². The first-order chi connectivity index (χ1) is 17.5. The second-order valence-electron chi connectivity index (χ2n) is 9.22. The molecule has 2 unspecified atom stereocenters. The highest BCUT2D eigenvalue weighted by Gasteiger charge is 2.30. The molecule has 4 N–H and O–H groups in total. The van der Waals surface area contributed by atoms with Crippen molar-refractivity contribution in [3.8, 4) is 5.75 Å². The third-order valence-corrected chi connectivity index (χ3v) is 7.65. The van der Waals surface area contributed by atoms with Gasteiger partial charge in [0.2, 0.25) is 5.91 Å². The summed E-state index contributed by atoms with van der Waals surface area (Å²) >= 11 is 1.14. The molecule has 0 aliphatic carbocycles. The SMILES string of the molecule is CCC(=O)NC1CCN(CCNCCc2ccc(O)c3[nH]c(=O)sc23)CC1OCCc1ccccc1. The van der Waals surface area contributed by atoms with E-state index in [9.17, 15) is 14.7 Å². The zero-order valence-corrected chi connectivity index (χ0v) is 21.6. The summed E-state index contributed by atoms with van der Waals surface area (Å²) in [6.45, 7) is 6.74. The molecular formula is C27H36N4O4S. The van der Waals surface area contributed by atoms with E-state index in [-0.39, 0.29) is 28.7 Å². The van der Waals surface area contributed by atoms with Crippen LogP contribution in [0, 0.1) is 0 Å². The molecule has 0 radical (unpaired) electrons. The van der Waals surface area contributed by atoms with Crippen LogP contribution < -0.4 is 15.5 Å². The summed E-state index contributed by atoms with van der Waals surface area (Å²) in [7, 11) is 0. The standard InChI is InChI=1S/C27H36N4O4S/c1-2-24(33)29-21-11-15-31(18-23(21)35-17-12-19-6-4-3-5-7-19)16-14-28-13-10-20-8-9-22(32)25-26(20)36-27(34)30-25/h3-9,21,23,28,32H,2,10-18H2,1H3,(H,29,33)(H,30,34). The van der Waals surface area contributed by atoms with Gasteiger partial charge >= 0.3 is 4.87 Å². The van der Waals surface area contributed by atoms with Gasteiger partial charge in [-0.05, 0) is 43.0 Å². The van der Waals surface area contributed by atoms with Gasteiger partial charge in [0.05, 0.1) is 23.5 Å². The van der Waals surface area contributed by atoms with E-state index in [0.717, 1.165) is 73.6 Å². The molecule has 36 heavy (non-hydrogen) atoms. The van der Waals surface area contributed by atoms with E-state index < -0.39 is 0 Å². The lowest BCUT2D eigenvalue weighted by Crippen LogP contribution is -2.55. The highest BCUT2D eigenvalue weighted by atomic mass is 32.1. The summed E-state index contributed by atoms with van der Waals surface area (Å²) in [4.78, 5) is 28.7. The van der Waals surface area contributed by atoms with E-state index in [4.69, 9.17) is 4.74 Å². The van der Waals surface area contributed by atoms with Crippen LogP contribution in [0.25, 0.3) is 10.2 Å². The highest BCUT2D eigenvalue weighted by molar-refractivity contribution is 7.16. The smallest absolute Gasteiger partial charge is 0.305 e. The largest absolute Gasteiger partial charge is 0.506 e. The van der Waals surface area contributed by atoms with E-state index in [1.807, 2.05) is 31.2 Å². The van der Waals surface area contributed by atoms with Crippen molar-refractivity contribution in [3.05, 3.63) is 63.3 Å². The number of aromatic amines is 1. The molecule has 1 saturated heterocycles. The number of aromatic hydroxyl groups is 1. The number of fused-ring (bicyclic) bond motifs is 1. The molecule has 1 aromatic heterocycles. The molecule has 1 aliphatic heterocycles. The number of likely N-dealkylation sites (tertiary alicyclic amines) is 1. The molecule has 0 saturated carbocycles. The van der Waals surface area contributed by atoms with Gasteiger partial charge in [-0.2, -0.15) is 0 Å². The first kappa shape index (κ1) is 26.3. The Balaban J connectivity index is 1.23.